The maximum Gasteiger partial charge on any atom is 0.236 e. The van der Waals surface area contributed by atoms with Crippen molar-refractivity contribution in [3.63, 3.8) is 0 Å². The molecule has 0 aromatic heterocycles. The summed E-state index contributed by atoms with van der Waals surface area (Å²) >= 11 is 0. The maximum absolute atomic E-state index is 13.5. The Kier molecular flexibility index (Phi) is 5.95. The lowest BCUT2D eigenvalue weighted by Gasteiger charge is -2.33. The van der Waals surface area contributed by atoms with Crippen molar-refractivity contribution >= 4 is 17.3 Å². The number of benzene rings is 3. The summed E-state index contributed by atoms with van der Waals surface area (Å²) in [5.74, 6) is 0.431. The van der Waals surface area contributed by atoms with Crippen LogP contribution >= 0.6 is 0 Å². The van der Waals surface area contributed by atoms with Crippen molar-refractivity contribution in [3.05, 3.63) is 96.1 Å². The summed E-state index contributed by atoms with van der Waals surface area (Å²) in [7, 11) is 0. The smallest absolute Gasteiger partial charge is 0.236 e. The Bertz CT molecular complexity index is 892. The van der Waals surface area contributed by atoms with E-state index >= 15 is 0 Å². The van der Waals surface area contributed by atoms with Gasteiger partial charge in [-0.05, 0) is 42.0 Å². The Labute approximate surface area is 173 Å². The van der Waals surface area contributed by atoms with Crippen LogP contribution in [0.3, 0.4) is 0 Å². The van der Waals surface area contributed by atoms with Gasteiger partial charge in [0, 0.05) is 13.1 Å². The number of nitrogens with one attached hydrogen (secondary N) is 1. The van der Waals surface area contributed by atoms with Crippen molar-refractivity contribution < 1.29 is 4.79 Å². The topological polar surface area (TPSA) is 32.3 Å². The number of anilines is 2. The Morgan fingerprint density at radius 3 is 1.93 bits per heavy atom. The van der Waals surface area contributed by atoms with E-state index in [1.807, 2.05) is 72.8 Å². The van der Waals surface area contributed by atoms with Crippen molar-refractivity contribution in [2.75, 3.05) is 23.3 Å². The third-order valence-electron chi connectivity index (χ3n) is 5.81. The summed E-state index contributed by atoms with van der Waals surface area (Å²) in [5.41, 5.74) is 4.01. The Morgan fingerprint density at radius 1 is 0.828 bits per heavy atom. The highest BCUT2D eigenvalue weighted by Gasteiger charge is 2.24. The molecule has 0 spiro atoms. The molecule has 1 amide bonds. The molecule has 0 aliphatic carbocycles. The average molecular weight is 385 g/mol. The molecule has 29 heavy (non-hydrogen) atoms. The van der Waals surface area contributed by atoms with Crippen molar-refractivity contribution in [1.29, 1.82) is 0 Å². The van der Waals surface area contributed by atoms with Crippen LogP contribution in [0.4, 0.5) is 11.4 Å². The molecule has 3 heteroatoms. The highest BCUT2D eigenvalue weighted by atomic mass is 16.1. The molecular weight excluding hydrogens is 356 g/mol. The van der Waals surface area contributed by atoms with Crippen LogP contribution in [0.15, 0.2) is 84.9 Å². The second-order valence-corrected chi connectivity index (χ2v) is 7.93. The molecule has 3 aromatic carbocycles. The Balaban J connectivity index is 1.62. The number of carbonyl (C=O) groups excluding carboxylic acids is 1. The van der Waals surface area contributed by atoms with Gasteiger partial charge in [0.05, 0.1) is 17.3 Å². The first kappa shape index (κ1) is 19.3. The summed E-state index contributed by atoms with van der Waals surface area (Å²) in [4.78, 5) is 15.9. The summed E-state index contributed by atoms with van der Waals surface area (Å²) in [6.45, 7) is 4.39. The number of piperidine rings is 1. The highest BCUT2D eigenvalue weighted by Crippen LogP contribution is 2.32. The van der Waals surface area contributed by atoms with Crippen molar-refractivity contribution in [3.8, 4) is 0 Å². The minimum atomic E-state index is -0.341. The molecule has 4 rings (SSSR count). The molecule has 1 saturated heterocycles. The molecule has 0 atom stereocenters. The van der Waals surface area contributed by atoms with Crippen LogP contribution in [0.25, 0.3) is 0 Å². The largest absolute Gasteiger partial charge is 0.370 e. The van der Waals surface area contributed by atoms with Gasteiger partial charge in [-0.1, -0.05) is 79.7 Å². The van der Waals surface area contributed by atoms with E-state index in [0.29, 0.717) is 0 Å². The zero-order valence-corrected chi connectivity index (χ0v) is 16.9. The molecule has 1 aliphatic heterocycles. The maximum atomic E-state index is 13.5. The number of nitrogens with zero attached hydrogens (tertiary/aromatic N) is 1. The number of amides is 1. The fourth-order valence-corrected chi connectivity index (χ4v) is 4.10. The predicted octanol–water partition coefficient (Wildman–Crippen LogP) is 5.69. The van der Waals surface area contributed by atoms with Gasteiger partial charge in [-0.2, -0.15) is 0 Å². The van der Waals surface area contributed by atoms with Gasteiger partial charge in [0.2, 0.25) is 5.91 Å². The molecule has 3 nitrogen and oxygen atoms in total. The summed E-state index contributed by atoms with van der Waals surface area (Å²) in [6.07, 6.45) is 2.39. The van der Waals surface area contributed by atoms with Crippen molar-refractivity contribution in [2.45, 2.75) is 25.7 Å². The van der Waals surface area contributed by atoms with Crippen LogP contribution < -0.4 is 10.2 Å². The van der Waals surface area contributed by atoms with Crippen molar-refractivity contribution in [2.24, 2.45) is 5.92 Å². The summed E-state index contributed by atoms with van der Waals surface area (Å²) in [6, 6.07) is 28.2. The third kappa shape index (κ3) is 4.51. The molecule has 0 saturated carbocycles. The first-order valence-electron chi connectivity index (χ1n) is 10.5. The fraction of sp³-hybridized carbons (Fsp3) is 0.269. The standard InChI is InChI=1S/C26H28N2O/c1-20-16-18-28(19-17-20)24-15-9-8-14-23(24)27-26(29)25(21-10-4-2-5-11-21)22-12-6-3-7-13-22/h2-15,20,25H,16-19H2,1H3,(H,27,29). The van der Waals surface area contributed by atoms with Crippen LogP contribution in [-0.2, 0) is 4.79 Å². The summed E-state index contributed by atoms with van der Waals surface area (Å²) < 4.78 is 0. The SMILES string of the molecule is CC1CCN(c2ccccc2NC(=O)C(c2ccccc2)c2ccccc2)CC1. The number of rotatable bonds is 5. The molecule has 1 aliphatic rings. The molecule has 0 unspecified atom stereocenters. The fourth-order valence-electron chi connectivity index (χ4n) is 4.10. The lowest BCUT2D eigenvalue weighted by molar-refractivity contribution is -0.116. The number of para-hydroxylation sites is 2. The summed E-state index contributed by atoms with van der Waals surface area (Å²) in [5, 5.41) is 3.24. The van der Waals surface area contributed by atoms with Crippen molar-refractivity contribution in [1.82, 2.24) is 0 Å². The van der Waals surface area contributed by atoms with Gasteiger partial charge in [0.15, 0.2) is 0 Å². The molecule has 0 radical (unpaired) electrons. The van der Waals surface area contributed by atoms with Crippen LogP contribution in [0.2, 0.25) is 0 Å². The lowest BCUT2D eigenvalue weighted by Crippen LogP contribution is -2.33. The normalized spacial score (nSPS) is 14.8. The molecule has 1 N–H and O–H groups in total. The first-order chi connectivity index (χ1) is 14.2. The van der Waals surface area contributed by atoms with Gasteiger partial charge in [-0.3, -0.25) is 4.79 Å². The Hall–Kier alpha value is -3.07. The van der Waals surface area contributed by atoms with Crippen LogP contribution in [-0.4, -0.2) is 19.0 Å². The molecule has 0 bridgehead atoms. The zero-order chi connectivity index (χ0) is 20.1. The number of carbonyl (C=O) groups is 1. The van der Waals surface area contributed by atoms with Gasteiger partial charge in [-0.25, -0.2) is 0 Å². The monoisotopic (exact) mass is 384 g/mol. The number of hydrogen-bond donors (Lipinski definition) is 1. The highest BCUT2D eigenvalue weighted by molar-refractivity contribution is 6.00. The average Bonchev–Trinajstić information content (AvgIpc) is 2.76. The van der Waals surface area contributed by atoms with E-state index in [0.717, 1.165) is 41.5 Å². The third-order valence-corrected chi connectivity index (χ3v) is 5.81. The zero-order valence-electron chi connectivity index (χ0n) is 16.9. The van der Waals surface area contributed by atoms with Crippen LogP contribution in [0.5, 0.6) is 0 Å². The second-order valence-electron chi connectivity index (χ2n) is 7.93. The van der Waals surface area contributed by atoms with E-state index < -0.39 is 0 Å². The van der Waals surface area contributed by atoms with E-state index in [1.54, 1.807) is 0 Å². The van der Waals surface area contributed by atoms with E-state index in [9.17, 15) is 4.79 Å². The van der Waals surface area contributed by atoms with E-state index in [2.05, 4.69) is 29.3 Å². The quantitative estimate of drug-likeness (QED) is 0.612. The van der Waals surface area contributed by atoms with E-state index in [-0.39, 0.29) is 11.8 Å². The molecule has 1 fully saturated rings. The minimum absolute atomic E-state index is 0.000211. The Morgan fingerprint density at radius 2 is 1.34 bits per heavy atom. The first-order valence-corrected chi connectivity index (χ1v) is 10.5. The van der Waals surface area contributed by atoms with Gasteiger partial charge in [0.25, 0.3) is 0 Å². The van der Waals surface area contributed by atoms with Crippen LogP contribution in [0.1, 0.15) is 36.8 Å². The number of hydrogen-bond acceptors (Lipinski definition) is 2. The van der Waals surface area contributed by atoms with Gasteiger partial charge in [0.1, 0.15) is 0 Å². The second kappa shape index (κ2) is 8.95. The van der Waals surface area contributed by atoms with Gasteiger partial charge >= 0.3 is 0 Å². The predicted molar refractivity (Wildman–Crippen MR) is 120 cm³/mol. The van der Waals surface area contributed by atoms with Crippen LogP contribution in [0, 0.1) is 5.92 Å². The minimum Gasteiger partial charge on any atom is -0.370 e. The lowest BCUT2D eigenvalue weighted by atomic mass is 9.90. The van der Waals surface area contributed by atoms with E-state index in [4.69, 9.17) is 0 Å². The van der Waals surface area contributed by atoms with Gasteiger partial charge < -0.3 is 10.2 Å². The van der Waals surface area contributed by atoms with Gasteiger partial charge in [-0.15, -0.1) is 0 Å². The molecule has 3 aromatic rings. The molecular formula is C26H28N2O. The van der Waals surface area contributed by atoms with E-state index in [1.165, 1.54) is 12.8 Å². The molecule has 1 heterocycles. The molecule has 148 valence electrons.